The number of allylic oxidation sites excluding steroid dienone is 1. The summed E-state index contributed by atoms with van der Waals surface area (Å²) in [6.45, 7) is 4.41. The summed E-state index contributed by atoms with van der Waals surface area (Å²) in [6.07, 6.45) is 8.63. The SMILES string of the molecule is CC(C)(C(=O)NCCC1=CCCCC1)C(=O)NCCc1ccc(Cl)cc1. The van der Waals surface area contributed by atoms with Crippen LogP contribution in [0.3, 0.4) is 0 Å². The first kappa shape index (κ1) is 20.5. The maximum absolute atomic E-state index is 12.4. The summed E-state index contributed by atoms with van der Waals surface area (Å²) in [5.74, 6) is -0.473. The lowest BCUT2D eigenvalue weighted by Crippen LogP contribution is -2.48. The molecule has 0 aromatic heterocycles. The number of halogens is 1. The number of hydrogen-bond donors (Lipinski definition) is 2. The molecule has 1 aliphatic rings. The standard InChI is InChI=1S/C21H29ClN2O2/c1-21(2,19(25)23-14-12-16-6-4-3-5-7-16)20(26)24-15-13-17-8-10-18(22)11-9-17/h6,8-11H,3-5,7,12-15H2,1-2H3,(H,23,25)(H,24,26). The Balaban J connectivity index is 1.73. The van der Waals surface area contributed by atoms with Crippen molar-refractivity contribution in [2.45, 2.75) is 52.4 Å². The highest BCUT2D eigenvalue weighted by Crippen LogP contribution is 2.20. The molecule has 0 atom stereocenters. The van der Waals surface area contributed by atoms with Crippen LogP contribution in [-0.2, 0) is 16.0 Å². The van der Waals surface area contributed by atoms with Crippen molar-refractivity contribution in [1.29, 1.82) is 0 Å². The highest BCUT2D eigenvalue weighted by molar-refractivity contribution is 6.30. The van der Waals surface area contributed by atoms with E-state index < -0.39 is 5.41 Å². The molecule has 0 fully saturated rings. The summed E-state index contributed by atoms with van der Waals surface area (Å²) < 4.78 is 0. The third-order valence-corrected chi connectivity index (χ3v) is 5.12. The van der Waals surface area contributed by atoms with Crippen molar-refractivity contribution in [3.05, 3.63) is 46.5 Å². The minimum Gasteiger partial charge on any atom is -0.355 e. The first-order chi connectivity index (χ1) is 12.4. The molecule has 5 heteroatoms. The number of hydrogen-bond acceptors (Lipinski definition) is 2. The zero-order chi connectivity index (χ0) is 19.0. The minimum absolute atomic E-state index is 0.224. The lowest BCUT2D eigenvalue weighted by Gasteiger charge is -2.23. The molecule has 142 valence electrons. The van der Waals surface area contributed by atoms with Crippen molar-refractivity contribution in [2.24, 2.45) is 5.41 Å². The fourth-order valence-electron chi connectivity index (χ4n) is 2.98. The second kappa shape index (κ2) is 9.77. The highest BCUT2D eigenvalue weighted by atomic mass is 35.5. The van der Waals surface area contributed by atoms with Crippen molar-refractivity contribution in [3.8, 4) is 0 Å². The maximum Gasteiger partial charge on any atom is 0.235 e. The average Bonchev–Trinajstić information content (AvgIpc) is 2.64. The van der Waals surface area contributed by atoms with E-state index in [-0.39, 0.29) is 11.8 Å². The van der Waals surface area contributed by atoms with Gasteiger partial charge in [-0.1, -0.05) is 35.4 Å². The summed E-state index contributed by atoms with van der Waals surface area (Å²) in [6, 6.07) is 7.54. The second-order valence-corrected chi connectivity index (χ2v) is 7.81. The summed E-state index contributed by atoms with van der Waals surface area (Å²) in [5.41, 5.74) is 1.43. The van der Waals surface area contributed by atoms with E-state index >= 15 is 0 Å². The fraction of sp³-hybridized carbons (Fsp3) is 0.524. The van der Waals surface area contributed by atoms with E-state index in [1.165, 1.54) is 18.4 Å². The normalized spacial score (nSPS) is 14.5. The van der Waals surface area contributed by atoms with Crippen LogP contribution in [0, 0.1) is 5.41 Å². The monoisotopic (exact) mass is 376 g/mol. The van der Waals surface area contributed by atoms with Gasteiger partial charge in [0.25, 0.3) is 0 Å². The van der Waals surface area contributed by atoms with Gasteiger partial charge in [0, 0.05) is 18.1 Å². The van der Waals surface area contributed by atoms with Crippen molar-refractivity contribution in [2.75, 3.05) is 13.1 Å². The maximum atomic E-state index is 12.4. The Kier molecular flexibility index (Phi) is 7.70. The molecule has 0 heterocycles. The zero-order valence-corrected chi connectivity index (χ0v) is 16.5. The molecule has 4 nitrogen and oxygen atoms in total. The molecular weight excluding hydrogens is 348 g/mol. The predicted octanol–water partition coefficient (Wildman–Crippen LogP) is 4.03. The van der Waals surface area contributed by atoms with Crippen LogP contribution in [0.4, 0.5) is 0 Å². The summed E-state index contributed by atoms with van der Waals surface area (Å²) >= 11 is 5.86. The van der Waals surface area contributed by atoms with Crippen molar-refractivity contribution in [3.63, 3.8) is 0 Å². The second-order valence-electron chi connectivity index (χ2n) is 7.37. The third kappa shape index (κ3) is 6.17. The molecule has 0 bridgehead atoms. The summed E-state index contributed by atoms with van der Waals surface area (Å²) in [5, 5.41) is 6.47. The van der Waals surface area contributed by atoms with Crippen LogP contribution in [0.2, 0.25) is 5.02 Å². The van der Waals surface area contributed by atoms with Crippen LogP contribution in [0.15, 0.2) is 35.9 Å². The van der Waals surface area contributed by atoms with Gasteiger partial charge in [0.1, 0.15) is 5.41 Å². The number of amides is 2. The molecular formula is C21H29ClN2O2. The van der Waals surface area contributed by atoms with Gasteiger partial charge >= 0.3 is 0 Å². The molecule has 2 N–H and O–H groups in total. The predicted molar refractivity (Wildman–Crippen MR) is 106 cm³/mol. The average molecular weight is 377 g/mol. The largest absolute Gasteiger partial charge is 0.355 e. The van der Waals surface area contributed by atoms with Gasteiger partial charge in [0.2, 0.25) is 11.8 Å². The molecule has 0 saturated heterocycles. The molecule has 1 aliphatic carbocycles. The van der Waals surface area contributed by atoms with Crippen LogP contribution >= 0.6 is 11.6 Å². The Morgan fingerprint density at radius 3 is 2.19 bits per heavy atom. The third-order valence-electron chi connectivity index (χ3n) is 4.86. The summed E-state index contributed by atoms with van der Waals surface area (Å²) in [7, 11) is 0. The van der Waals surface area contributed by atoms with Gasteiger partial charge in [-0.25, -0.2) is 0 Å². The van der Waals surface area contributed by atoms with Gasteiger partial charge < -0.3 is 10.6 Å². The van der Waals surface area contributed by atoms with Crippen LogP contribution in [0.25, 0.3) is 0 Å². The Morgan fingerprint density at radius 1 is 1.00 bits per heavy atom. The summed E-state index contributed by atoms with van der Waals surface area (Å²) in [4.78, 5) is 24.8. The Bertz CT molecular complexity index is 650. The molecule has 1 aromatic rings. The van der Waals surface area contributed by atoms with Gasteiger partial charge in [-0.05, 0) is 70.1 Å². The molecule has 2 rings (SSSR count). The zero-order valence-electron chi connectivity index (χ0n) is 15.7. The van der Waals surface area contributed by atoms with E-state index in [0.717, 1.165) is 24.8 Å². The van der Waals surface area contributed by atoms with Crippen LogP contribution in [0.1, 0.15) is 51.5 Å². The molecule has 2 amide bonds. The molecule has 26 heavy (non-hydrogen) atoms. The van der Waals surface area contributed by atoms with Gasteiger partial charge in [-0.2, -0.15) is 0 Å². The lowest BCUT2D eigenvalue weighted by atomic mass is 9.90. The highest BCUT2D eigenvalue weighted by Gasteiger charge is 2.35. The molecule has 0 unspecified atom stereocenters. The van der Waals surface area contributed by atoms with Gasteiger partial charge in [0.15, 0.2) is 0 Å². The number of carbonyl (C=O) groups excluding carboxylic acids is 2. The van der Waals surface area contributed by atoms with Gasteiger partial charge in [-0.15, -0.1) is 0 Å². The number of carbonyl (C=O) groups is 2. The molecule has 0 radical (unpaired) electrons. The smallest absolute Gasteiger partial charge is 0.235 e. The molecule has 0 aliphatic heterocycles. The quantitative estimate of drug-likeness (QED) is 0.531. The number of nitrogens with one attached hydrogen (secondary N) is 2. The van der Waals surface area contributed by atoms with E-state index in [1.54, 1.807) is 13.8 Å². The Labute approximate surface area is 161 Å². The minimum atomic E-state index is -1.08. The lowest BCUT2D eigenvalue weighted by molar-refractivity contribution is -0.141. The molecule has 1 aromatic carbocycles. The topological polar surface area (TPSA) is 58.2 Å². The van der Waals surface area contributed by atoms with Crippen LogP contribution < -0.4 is 10.6 Å². The number of benzene rings is 1. The van der Waals surface area contributed by atoms with Gasteiger partial charge in [-0.3, -0.25) is 9.59 Å². The number of rotatable bonds is 8. The molecule has 0 saturated carbocycles. The van der Waals surface area contributed by atoms with E-state index in [0.29, 0.717) is 24.5 Å². The Morgan fingerprint density at radius 2 is 1.62 bits per heavy atom. The van der Waals surface area contributed by atoms with E-state index in [2.05, 4.69) is 16.7 Å². The fourth-order valence-corrected chi connectivity index (χ4v) is 3.11. The first-order valence-electron chi connectivity index (χ1n) is 9.38. The first-order valence-corrected chi connectivity index (χ1v) is 9.76. The molecule has 0 spiro atoms. The van der Waals surface area contributed by atoms with E-state index in [1.807, 2.05) is 24.3 Å². The van der Waals surface area contributed by atoms with Crippen LogP contribution in [0.5, 0.6) is 0 Å². The Hall–Kier alpha value is -1.81. The van der Waals surface area contributed by atoms with Crippen molar-refractivity contribution < 1.29 is 9.59 Å². The van der Waals surface area contributed by atoms with E-state index in [9.17, 15) is 9.59 Å². The van der Waals surface area contributed by atoms with Crippen LogP contribution in [-0.4, -0.2) is 24.9 Å². The van der Waals surface area contributed by atoms with Gasteiger partial charge in [0.05, 0.1) is 0 Å². The van der Waals surface area contributed by atoms with Crippen molar-refractivity contribution >= 4 is 23.4 Å². The van der Waals surface area contributed by atoms with E-state index in [4.69, 9.17) is 11.6 Å². The van der Waals surface area contributed by atoms with Crippen molar-refractivity contribution in [1.82, 2.24) is 10.6 Å².